The van der Waals surface area contributed by atoms with E-state index < -0.39 is 0 Å². The van der Waals surface area contributed by atoms with Crippen molar-refractivity contribution in [3.8, 4) is 11.1 Å². The summed E-state index contributed by atoms with van der Waals surface area (Å²) in [6.45, 7) is 6.88. The third-order valence-electron chi connectivity index (χ3n) is 3.59. The number of hydrogen-bond acceptors (Lipinski definition) is 1. The van der Waals surface area contributed by atoms with Crippen molar-refractivity contribution in [2.45, 2.75) is 33.2 Å². The van der Waals surface area contributed by atoms with Crippen molar-refractivity contribution in [2.75, 3.05) is 6.54 Å². The van der Waals surface area contributed by atoms with Crippen LogP contribution >= 0.6 is 0 Å². The Kier molecular flexibility index (Phi) is 5.07. The highest BCUT2D eigenvalue weighted by molar-refractivity contribution is 5.69. The highest BCUT2D eigenvalue weighted by Crippen LogP contribution is 2.31. The minimum atomic E-state index is -0.350. The number of rotatable bonds is 5. The van der Waals surface area contributed by atoms with E-state index >= 15 is 0 Å². The maximum absolute atomic E-state index is 14.1. The lowest BCUT2D eigenvalue weighted by Crippen LogP contribution is -2.20. The van der Waals surface area contributed by atoms with Crippen LogP contribution in [0.5, 0.6) is 0 Å². The zero-order valence-corrected chi connectivity index (χ0v) is 12.7. The van der Waals surface area contributed by atoms with Crippen molar-refractivity contribution in [1.82, 2.24) is 5.32 Å². The van der Waals surface area contributed by atoms with Crippen LogP contribution in [-0.4, -0.2) is 6.54 Å². The molecule has 0 amide bonds. The first kappa shape index (κ1) is 15.6. The Morgan fingerprint density at radius 1 is 1.05 bits per heavy atom. The average molecular weight is 289 g/mol. The van der Waals surface area contributed by atoms with Gasteiger partial charge in [0.1, 0.15) is 11.6 Å². The molecule has 0 saturated carbocycles. The van der Waals surface area contributed by atoms with Crippen LogP contribution in [0.3, 0.4) is 0 Å². The van der Waals surface area contributed by atoms with Crippen LogP contribution in [-0.2, 0) is 0 Å². The van der Waals surface area contributed by atoms with Crippen molar-refractivity contribution in [2.24, 2.45) is 0 Å². The summed E-state index contributed by atoms with van der Waals surface area (Å²) in [5, 5.41) is 3.37. The molecule has 0 radical (unpaired) electrons. The van der Waals surface area contributed by atoms with E-state index in [-0.39, 0.29) is 17.7 Å². The zero-order valence-electron chi connectivity index (χ0n) is 12.7. The quantitative estimate of drug-likeness (QED) is 0.816. The van der Waals surface area contributed by atoms with Crippen molar-refractivity contribution < 1.29 is 8.78 Å². The fourth-order valence-corrected chi connectivity index (χ4v) is 2.46. The molecule has 0 aliphatic rings. The molecule has 2 aromatic rings. The van der Waals surface area contributed by atoms with Crippen LogP contribution in [0.15, 0.2) is 36.4 Å². The van der Waals surface area contributed by atoms with Crippen LogP contribution in [0.2, 0.25) is 0 Å². The second kappa shape index (κ2) is 6.81. The Bertz CT molecular complexity index is 623. The lowest BCUT2D eigenvalue weighted by molar-refractivity contribution is 0.568. The monoisotopic (exact) mass is 289 g/mol. The molecule has 0 saturated heterocycles. The predicted octanol–water partition coefficient (Wildman–Crippen LogP) is 5.00. The van der Waals surface area contributed by atoms with E-state index in [0.29, 0.717) is 11.1 Å². The topological polar surface area (TPSA) is 12.0 Å². The fourth-order valence-electron chi connectivity index (χ4n) is 2.46. The van der Waals surface area contributed by atoms with E-state index in [4.69, 9.17) is 0 Å². The molecule has 0 fully saturated rings. The lowest BCUT2D eigenvalue weighted by atomic mass is 9.94. The van der Waals surface area contributed by atoms with Gasteiger partial charge in [0.15, 0.2) is 0 Å². The Labute approximate surface area is 125 Å². The molecular formula is C18H21F2N. The third-order valence-corrected chi connectivity index (χ3v) is 3.59. The Morgan fingerprint density at radius 2 is 1.81 bits per heavy atom. The van der Waals surface area contributed by atoms with Crippen LogP contribution < -0.4 is 5.32 Å². The van der Waals surface area contributed by atoms with E-state index in [1.165, 1.54) is 18.2 Å². The molecule has 1 N–H and O–H groups in total. The van der Waals surface area contributed by atoms with Crippen molar-refractivity contribution in [3.05, 3.63) is 59.2 Å². The predicted molar refractivity (Wildman–Crippen MR) is 83.2 cm³/mol. The highest BCUT2D eigenvalue weighted by Gasteiger charge is 2.15. The van der Waals surface area contributed by atoms with Crippen LogP contribution in [0.25, 0.3) is 11.1 Å². The summed E-state index contributed by atoms with van der Waals surface area (Å²) in [5.41, 5.74) is 2.94. The Hall–Kier alpha value is -1.74. The first-order chi connectivity index (χ1) is 10.0. The zero-order chi connectivity index (χ0) is 15.4. The largest absolute Gasteiger partial charge is 0.310 e. The van der Waals surface area contributed by atoms with Gasteiger partial charge >= 0.3 is 0 Å². The molecule has 0 aliphatic carbocycles. The van der Waals surface area contributed by atoms with Gasteiger partial charge in [-0.2, -0.15) is 0 Å². The number of aryl methyl sites for hydroxylation is 1. The van der Waals surface area contributed by atoms with Gasteiger partial charge in [-0.3, -0.25) is 0 Å². The first-order valence-electron chi connectivity index (χ1n) is 7.32. The summed E-state index contributed by atoms with van der Waals surface area (Å²) in [7, 11) is 0. The molecule has 0 aliphatic heterocycles. The maximum Gasteiger partial charge on any atom is 0.131 e. The summed E-state index contributed by atoms with van der Waals surface area (Å²) >= 11 is 0. The van der Waals surface area contributed by atoms with Gasteiger partial charge in [0.05, 0.1) is 0 Å². The second-order valence-electron chi connectivity index (χ2n) is 5.39. The number of hydrogen-bond donors (Lipinski definition) is 1. The average Bonchev–Trinajstić information content (AvgIpc) is 2.47. The minimum absolute atomic E-state index is 0.0421. The van der Waals surface area contributed by atoms with Gasteiger partial charge in [0.2, 0.25) is 0 Å². The normalized spacial score (nSPS) is 12.4. The first-order valence-corrected chi connectivity index (χ1v) is 7.32. The molecule has 0 spiro atoms. The summed E-state index contributed by atoms with van der Waals surface area (Å²) in [6, 6.07) is 9.54. The SMILES string of the molecule is CCCNC(C)c1ccc(F)cc1-c1cc(C)ccc1F. The Morgan fingerprint density at radius 3 is 2.52 bits per heavy atom. The molecule has 2 aromatic carbocycles. The molecule has 3 heteroatoms. The van der Waals surface area contributed by atoms with Gasteiger partial charge in [-0.25, -0.2) is 8.78 Å². The smallest absolute Gasteiger partial charge is 0.131 e. The van der Waals surface area contributed by atoms with E-state index in [2.05, 4.69) is 12.2 Å². The standard InChI is InChI=1S/C18H21F2N/c1-4-9-21-13(3)15-7-6-14(19)11-16(15)17-10-12(2)5-8-18(17)20/h5-8,10-11,13,21H,4,9H2,1-3H3. The number of halogens is 2. The number of nitrogens with one attached hydrogen (secondary N) is 1. The van der Waals surface area contributed by atoms with Gasteiger partial charge in [-0.05, 0) is 62.2 Å². The summed E-state index contributed by atoms with van der Waals surface area (Å²) in [6.07, 6.45) is 1.01. The molecular weight excluding hydrogens is 268 g/mol. The summed E-state index contributed by atoms with van der Waals surface area (Å²) < 4.78 is 27.8. The van der Waals surface area contributed by atoms with E-state index in [1.54, 1.807) is 18.2 Å². The van der Waals surface area contributed by atoms with Crippen molar-refractivity contribution in [1.29, 1.82) is 0 Å². The molecule has 1 unspecified atom stereocenters. The molecule has 1 atom stereocenters. The molecule has 0 bridgehead atoms. The van der Waals surface area contributed by atoms with Crippen LogP contribution in [0, 0.1) is 18.6 Å². The highest BCUT2D eigenvalue weighted by atomic mass is 19.1. The third kappa shape index (κ3) is 3.67. The summed E-state index contributed by atoms with van der Waals surface area (Å²) in [4.78, 5) is 0. The molecule has 112 valence electrons. The van der Waals surface area contributed by atoms with Gasteiger partial charge in [-0.1, -0.05) is 24.6 Å². The summed E-state index contributed by atoms with van der Waals surface area (Å²) in [5.74, 6) is -0.674. The molecule has 1 nitrogen and oxygen atoms in total. The van der Waals surface area contributed by atoms with Gasteiger partial charge in [0.25, 0.3) is 0 Å². The van der Waals surface area contributed by atoms with Gasteiger partial charge < -0.3 is 5.32 Å². The van der Waals surface area contributed by atoms with E-state index in [9.17, 15) is 8.78 Å². The maximum atomic E-state index is 14.1. The van der Waals surface area contributed by atoms with Gasteiger partial charge in [0, 0.05) is 11.6 Å². The van der Waals surface area contributed by atoms with Crippen LogP contribution in [0.1, 0.15) is 37.4 Å². The Balaban J connectivity index is 2.51. The lowest BCUT2D eigenvalue weighted by Gasteiger charge is -2.19. The second-order valence-corrected chi connectivity index (χ2v) is 5.39. The number of benzene rings is 2. The minimum Gasteiger partial charge on any atom is -0.310 e. The van der Waals surface area contributed by atoms with Crippen molar-refractivity contribution in [3.63, 3.8) is 0 Å². The molecule has 2 rings (SSSR count). The van der Waals surface area contributed by atoms with Crippen molar-refractivity contribution >= 4 is 0 Å². The van der Waals surface area contributed by atoms with Gasteiger partial charge in [-0.15, -0.1) is 0 Å². The molecule has 21 heavy (non-hydrogen) atoms. The molecule has 0 aromatic heterocycles. The van der Waals surface area contributed by atoms with Crippen LogP contribution in [0.4, 0.5) is 8.78 Å². The van der Waals surface area contributed by atoms with E-state index in [0.717, 1.165) is 24.1 Å². The fraction of sp³-hybridized carbons (Fsp3) is 0.333. The molecule has 0 heterocycles. The van der Waals surface area contributed by atoms with E-state index in [1.807, 2.05) is 13.8 Å².